The highest BCUT2D eigenvalue weighted by molar-refractivity contribution is 9.10. The van der Waals surface area contributed by atoms with Gasteiger partial charge in [0, 0.05) is 4.47 Å². The summed E-state index contributed by atoms with van der Waals surface area (Å²) in [4.78, 5) is 12.3. The van der Waals surface area contributed by atoms with E-state index in [1.54, 1.807) is 66.7 Å². The smallest absolute Gasteiger partial charge is 0.333 e. The van der Waals surface area contributed by atoms with E-state index in [0.717, 1.165) is 10.0 Å². The van der Waals surface area contributed by atoms with Crippen LogP contribution in [0, 0.1) is 18.3 Å². The van der Waals surface area contributed by atoms with Crippen LogP contribution in [0.15, 0.2) is 93.8 Å². The zero-order valence-electron chi connectivity index (χ0n) is 18.2. The second-order valence-corrected chi connectivity index (χ2v) is 10.8. The Balaban J connectivity index is 1.95. The molecule has 6 nitrogen and oxygen atoms in total. The first-order valence-electron chi connectivity index (χ1n) is 10.5. The number of aliphatic carboxylic acids is 1. The monoisotopic (exact) mass is 536 g/mol. The number of rotatable bonds is 5. The van der Waals surface area contributed by atoms with Gasteiger partial charge in [-0.2, -0.15) is 9.57 Å². The van der Waals surface area contributed by atoms with Crippen molar-refractivity contribution in [1.82, 2.24) is 4.31 Å². The second kappa shape index (κ2) is 9.55. The Labute approximate surface area is 207 Å². The van der Waals surface area contributed by atoms with Gasteiger partial charge in [-0.1, -0.05) is 64.0 Å². The molecule has 8 heteroatoms. The molecule has 34 heavy (non-hydrogen) atoms. The number of hydrogen-bond donors (Lipinski definition) is 1. The van der Waals surface area contributed by atoms with Crippen molar-refractivity contribution in [3.8, 4) is 6.07 Å². The first-order chi connectivity index (χ1) is 16.2. The maximum absolute atomic E-state index is 14.1. The second-order valence-electron chi connectivity index (χ2n) is 8.05. The van der Waals surface area contributed by atoms with E-state index >= 15 is 0 Å². The van der Waals surface area contributed by atoms with Crippen molar-refractivity contribution in [2.24, 2.45) is 0 Å². The lowest BCUT2D eigenvalue weighted by atomic mass is 9.89. The third kappa shape index (κ3) is 4.55. The summed E-state index contributed by atoms with van der Waals surface area (Å²) in [6.45, 7) is 1.87. The molecule has 0 bridgehead atoms. The number of benzene rings is 3. The summed E-state index contributed by atoms with van der Waals surface area (Å²) in [5.41, 5.74) is 2.60. The molecule has 0 fully saturated rings. The molecule has 1 heterocycles. The number of sulfonamides is 1. The van der Waals surface area contributed by atoms with Gasteiger partial charge in [-0.3, -0.25) is 0 Å². The van der Waals surface area contributed by atoms with Crippen molar-refractivity contribution in [3.63, 3.8) is 0 Å². The predicted molar refractivity (Wildman–Crippen MR) is 131 cm³/mol. The minimum absolute atomic E-state index is 0.00269. The van der Waals surface area contributed by atoms with Crippen molar-refractivity contribution in [2.45, 2.75) is 30.3 Å². The van der Waals surface area contributed by atoms with E-state index in [0.29, 0.717) is 16.7 Å². The van der Waals surface area contributed by atoms with E-state index in [9.17, 15) is 18.3 Å². The van der Waals surface area contributed by atoms with Crippen molar-refractivity contribution in [1.29, 1.82) is 5.26 Å². The van der Waals surface area contributed by atoms with Gasteiger partial charge in [0.25, 0.3) is 0 Å². The van der Waals surface area contributed by atoms with Crippen LogP contribution in [0.3, 0.4) is 0 Å². The van der Waals surface area contributed by atoms with Crippen LogP contribution in [0.4, 0.5) is 0 Å². The maximum atomic E-state index is 14.1. The van der Waals surface area contributed by atoms with Crippen LogP contribution in [0.5, 0.6) is 0 Å². The fourth-order valence-electron chi connectivity index (χ4n) is 4.15. The molecular weight excluding hydrogens is 516 g/mol. The summed E-state index contributed by atoms with van der Waals surface area (Å²) in [5.74, 6) is -1.17. The van der Waals surface area contributed by atoms with E-state index < -0.39 is 28.1 Å². The highest BCUT2D eigenvalue weighted by Crippen LogP contribution is 2.45. The van der Waals surface area contributed by atoms with Gasteiger partial charge < -0.3 is 5.11 Å². The van der Waals surface area contributed by atoms with Crippen molar-refractivity contribution >= 4 is 31.9 Å². The van der Waals surface area contributed by atoms with E-state index in [4.69, 9.17) is 5.26 Å². The van der Waals surface area contributed by atoms with Gasteiger partial charge >= 0.3 is 5.97 Å². The number of carboxylic acids is 1. The fourth-order valence-corrected chi connectivity index (χ4v) is 6.19. The third-order valence-electron chi connectivity index (χ3n) is 5.87. The van der Waals surface area contributed by atoms with Crippen molar-refractivity contribution in [2.75, 3.05) is 0 Å². The molecule has 0 spiro atoms. The largest absolute Gasteiger partial charge is 0.478 e. The molecule has 3 aromatic rings. The summed E-state index contributed by atoms with van der Waals surface area (Å²) in [6.07, 6.45) is 1.78. The lowest BCUT2D eigenvalue weighted by Gasteiger charge is -2.40. The number of nitrogens with zero attached hydrogens (tertiary/aromatic N) is 2. The topological polar surface area (TPSA) is 98.5 Å². The Morgan fingerprint density at radius 2 is 1.59 bits per heavy atom. The Morgan fingerprint density at radius 3 is 2.15 bits per heavy atom. The number of carboxylic acid groups (broad SMARTS) is 1. The average molecular weight is 537 g/mol. The first kappa shape index (κ1) is 23.9. The van der Waals surface area contributed by atoms with Crippen LogP contribution in [-0.2, 0) is 14.8 Å². The standard InChI is InChI=1S/C26H21BrN2O4S/c1-17-2-12-22(13-3-17)34(32,33)29-24(19-6-4-18(16-28)5-7-19)15-14-23(26(30)31)25(29)20-8-10-21(27)11-9-20/h2-14,24-25H,15H2,1H3,(H,30,31)/t24-,25-/m0/s1. The summed E-state index contributed by atoms with van der Waals surface area (Å²) in [6, 6.07) is 20.6. The maximum Gasteiger partial charge on any atom is 0.333 e. The minimum Gasteiger partial charge on any atom is -0.478 e. The summed E-state index contributed by atoms with van der Waals surface area (Å²) < 4.78 is 30.2. The molecule has 4 rings (SSSR count). The Morgan fingerprint density at radius 1 is 1.00 bits per heavy atom. The van der Waals surface area contributed by atoms with Gasteiger partial charge in [-0.25, -0.2) is 13.2 Å². The Bertz CT molecular complexity index is 1390. The van der Waals surface area contributed by atoms with E-state index in [1.165, 1.54) is 16.4 Å². The van der Waals surface area contributed by atoms with Gasteiger partial charge in [-0.05, 0) is 60.9 Å². The number of carbonyl (C=O) groups is 1. The van der Waals surface area contributed by atoms with Gasteiger partial charge in [0.2, 0.25) is 10.0 Å². The van der Waals surface area contributed by atoms with Gasteiger partial charge in [-0.15, -0.1) is 0 Å². The van der Waals surface area contributed by atoms with Gasteiger partial charge in [0.15, 0.2) is 0 Å². The number of hydrogen-bond acceptors (Lipinski definition) is 4. The SMILES string of the molecule is Cc1ccc(S(=O)(=O)N2[C@@H](c3ccc(Br)cc3)C(C(=O)O)=CC[C@H]2c2ccc(C#N)cc2)cc1. The van der Waals surface area contributed by atoms with E-state index in [1.807, 2.05) is 6.92 Å². The summed E-state index contributed by atoms with van der Waals surface area (Å²) in [5, 5.41) is 19.2. The fraction of sp³-hybridized carbons (Fsp3) is 0.154. The Kier molecular flexibility index (Phi) is 6.71. The highest BCUT2D eigenvalue weighted by atomic mass is 79.9. The molecule has 0 aliphatic carbocycles. The molecular formula is C26H21BrN2O4S. The quantitative estimate of drug-likeness (QED) is 0.463. The molecule has 0 aromatic heterocycles. The third-order valence-corrected chi connectivity index (χ3v) is 8.29. The van der Waals surface area contributed by atoms with Gasteiger partial charge in [0.05, 0.1) is 34.2 Å². The van der Waals surface area contributed by atoms with Crippen LogP contribution >= 0.6 is 15.9 Å². The first-order valence-corrected chi connectivity index (χ1v) is 12.7. The van der Waals surface area contributed by atoms with Crippen LogP contribution in [0.2, 0.25) is 0 Å². The Hall–Kier alpha value is -3.25. The summed E-state index contributed by atoms with van der Waals surface area (Å²) >= 11 is 3.38. The predicted octanol–water partition coefficient (Wildman–Crippen LogP) is 5.52. The number of halogens is 1. The normalized spacial score (nSPS) is 18.7. The molecule has 2 atom stereocenters. The van der Waals surface area contributed by atoms with Gasteiger partial charge in [0.1, 0.15) is 0 Å². The molecule has 1 aliphatic heterocycles. The van der Waals surface area contributed by atoms with Crippen molar-refractivity contribution in [3.05, 3.63) is 111 Å². The van der Waals surface area contributed by atoms with E-state index in [2.05, 4.69) is 22.0 Å². The summed E-state index contributed by atoms with van der Waals surface area (Å²) in [7, 11) is -4.11. The zero-order chi connectivity index (χ0) is 24.5. The molecule has 0 saturated heterocycles. The molecule has 3 aromatic carbocycles. The average Bonchev–Trinajstić information content (AvgIpc) is 2.84. The zero-order valence-corrected chi connectivity index (χ0v) is 20.6. The van der Waals surface area contributed by atoms with Crippen LogP contribution in [-0.4, -0.2) is 23.8 Å². The highest BCUT2D eigenvalue weighted by Gasteiger charge is 2.44. The number of aryl methyl sites for hydroxylation is 1. The minimum atomic E-state index is -4.11. The van der Waals surface area contributed by atoms with Crippen molar-refractivity contribution < 1.29 is 18.3 Å². The molecule has 0 radical (unpaired) electrons. The van der Waals surface area contributed by atoms with Crippen LogP contribution in [0.1, 0.15) is 40.8 Å². The van der Waals surface area contributed by atoms with E-state index in [-0.39, 0.29) is 16.9 Å². The molecule has 0 amide bonds. The molecule has 0 saturated carbocycles. The van der Waals surface area contributed by atoms with Crippen LogP contribution in [0.25, 0.3) is 0 Å². The lowest BCUT2D eigenvalue weighted by molar-refractivity contribution is -0.133. The number of nitriles is 1. The lowest BCUT2D eigenvalue weighted by Crippen LogP contribution is -2.42. The molecule has 172 valence electrons. The molecule has 1 aliphatic rings. The molecule has 0 unspecified atom stereocenters. The molecule has 1 N–H and O–H groups in total. The van der Waals surface area contributed by atoms with Crippen LogP contribution < -0.4 is 0 Å².